The minimum atomic E-state index is -0.568. The molecule has 0 fully saturated rings. The van der Waals surface area contributed by atoms with Gasteiger partial charge in [0.2, 0.25) is 0 Å². The molecule has 14 aromatic rings. The second-order valence-corrected chi connectivity index (χ2v) is 19.7. The van der Waals surface area contributed by atoms with E-state index in [1.165, 1.54) is 59.1 Å². The fourth-order valence-electron chi connectivity index (χ4n) is 12.0. The second kappa shape index (κ2) is 15.5. The number of hydrogen-bond acceptors (Lipinski definition) is 4. The van der Waals surface area contributed by atoms with E-state index in [4.69, 9.17) is 8.83 Å². The molecular weight excluding hydrogens is 883 g/mol. The predicted molar refractivity (Wildman–Crippen MR) is 297 cm³/mol. The van der Waals surface area contributed by atoms with Crippen molar-refractivity contribution in [2.45, 2.75) is 5.41 Å². The third kappa shape index (κ3) is 5.77. The molecule has 0 radical (unpaired) electrons. The smallest absolute Gasteiger partial charge is 0.159 e. The molecule has 0 bridgehead atoms. The number of hydrogen-bond donors (Lipinski definition) is 0. The molecule has 0 aliphatic heterocycles. The largest absolute Gasteiger partial charge is 0.456 e. The number of fused-ring (bicyclic) bond motifs is 12. The molecule has 0 saturated heterocycles. The Morgan fingerprint density at radius 1 is 0.366 bits per heavy atom. The summed E-state index contributed by atoms with van der Waals surface area (Å²) in [5.74, 6) is 0. The topological polar surface area (TPSA) is 29.5 Å². The fraction of sp³-hybridized carbons (Fsp3) is 0.0149. The molecule has 332 valence electrons. The number of benzene rings is 11. The van der Waals surface area contributed by atoms with Gasteiger partial charge in [-0.1, -0.05) is 206 Å². The fourth-order valence-corrected chi connectivity index (χ4v) is 13.2. The van der Waals surface area contributed by atoms with E-state index < -0.39 is 5.41 Å². The van der Waals surface area contributed by atoms with Gasteiger partial charge in [0.05, 0.1) is 21.5 Å². The highest BCUT2D eigenvalue weighted by atomic mass is 32.1. The van der Waals surface area contributed by atoms with Crippen LogP contribution in [0.4, 0.5) is 17.1 Å². The molecule has 0 amide bonds. The zero-order chi connectivity index (χ0) is 46.6. The maximum atomic E-state index is 7.67. The van der Waals surface area contributed by atoms with Crippen LogP contribution in [0.3, 0.4) is 0 Å². The molecule has 0 atom stereocenters. The van der Waals surface area contributed by atoms with E-state index in [0.717, 1.165) is 77.6 Å². The summed E-state index contributed by atoms with van der Waals surface area (Å²) in [5.41, 5.74) is 17.7. The molecule has 1 aliphatic carbocycles. The third-order valence-electron chi connectivity index (χ3n) is 15.0. The van der Waals surface area contributed by atoms with Gasteiger partial charge in [-0.15, -0.1) is 11.3 Å². The van der Waals surface area contributed by atoms with Crippen molar-refractivity contribution in [2.75, 3.05) is 4.90 Å². The average Bonchev–Trinajstić information content (AvgIpc) is 4.20. The van der Waals surface area contributed by atoms with Crippen molar-refractivity contribution >= 4 is 92.4 Å². The highest BCUT2D eigenvalue weighted by Gasteiger charge is 2.47. The van der Waals surface area contributed by atoms with Gasteiger partial charge >= 0.3 is 0 Å². The standard InChI is InChI=1S/C67H41NO2S/c1-4-19-42(20-5-1)43-37-39-46(40-38-43)68(57-34-18-29-49-47-25-12-15-36-60(47)71-66(49)57)56-33-17-28-48-53-41-59-62(51-27-11-14-35-58(51)69-59)63(65(53)70-64(48)56)52-30-16-32-55-61(52)50-26-10-13-31-54(50)67(55,44-21-6-2-7-22-44)45-23-8-3-9-24-45/h1-41H. The Labute approximate surface area is 413 Å². The Bertz CT molecular complexity index is 4350. The normalized spacial score (nSPS) is 12.9. The van der Waals surface area contributed by atoms with Crippen molar-refractivity contribution in [1.29, 1.82) is 0 Å². The van der Waals surface area contributed by atoms with Crippen LogP contribution < -0.4 is 4.90 Å². The molecule has 3 aromatic heterocycles. The van der Waals surface area contributed by atoms with Crippen molar-refractivity contribution in [2.24, 2.45) is 0 Å². The van der Waals surface area contributed by atoms with Gasteiger partial charge in [0.1, 0.15) is 16.7 Å². The van der Waals surface area contributed by atoms with Crippen molar-refractivity contribution in [3.8, 4) is 33.4 Å². The summed E-state index contributed by atoms with van der Waals surface area (Å²) in [6.07, 6.45) is 0. The number of nitrogens with zero attached hydrogens (tertiary/aromatic N) is 1. The molecule has 11 aromatic carbocycles. The lowest BCUT2D eigenvalue weighted by atomic mass is 9.67. The molecule has 71 heavy (non-hydrogen) atoms. The lowest BCUT2D eigenvalue weighted by molar-refractivity contribution is 0.665. The first-order chi connectivity index (χ1) is 35.2. The van der Waals surface area contributed by atoms with E-state index in [0.29, 0.717) is 0 Å². The van der Waals surface area contributed by atoms with Crippen LogP contribution >= 0.6 is 11.3 Å². The van der Waals surface area contributed by atoms with Gasteiger partial charge in [-0.05, 0) is 92.5 Å². The molecule has 4 heteroatoms. The molecule has 0 saturated carbocycles. The summed E-state index contributed by atoms with van der Waals surface area (Å²) in [5, 5.41) is 6.62. The van der Waals surface area contributed by atoms with Gasteiger partial charge < -0.3 is 13.7 Å². The molecule has 0 N–H and O–H groups in total. The number of para-hydroxylation sites is 2. The minimum absolute atomic E-state index is 0.568. The van der Waals surface area contributed by atoms with Gasteiger partial charge in [0, 0.05) is 48.3 Å². The molecule has 1 aliphatic rings. The van der Waals surface area contributed by atoms with E-state index in [2.05, 4.69) is 254 Å². The van der Waals surface area contributed by atoms with Gasteiger partial charge in [-0.25, -0.2) is 0 Å². The molecule has 3 nitrogen and oxygen atoms in total. The highest BCUT2D eigenvalue weighted by molar-refractivity contribution is 7.26. The number of anilines is 3. The first-order valence-corrected chi connectivity index (χ1v) is 25.1. The van der Waals surface area contributed by atoms with Crippen LogP contribution in [0.2, 0.25) is 0 Å². The van der Waals surface area contributed by atoms with Crippen LogP contribution in [0.1, 0.15) is 22.3 Å². The zero-order valence-electron chi connectivity index (χ0n) is 38.3. The Kier molecular flexibility index (Phi) is 8.74. The van der Waals surface area contributed by atoms with Crippen LogP contribution in [0, 0.1) is 0 Å². The Morgan fingerprint density at radius 2 is 0.958 bits per heavy atom. The van der Waals surface area contributed by atoms with E-state index in [-0.39, 0.29) is 0 Å². The van der Waals surface area contributed by atoms with E-state index in [1.807, 2.05) is 11.3 Å². The Balaban J connectivity index is 1.04. The molecule has 0 unspecified atom stereocenters. The van der Waals surface area contributed by atoms with Crippen LogP contribution in [-0.4, -0.2) is 0 Å². The maximum Gasteiger partial charge on any atom is 0.159 e. The Hall–Kier alpha value is -8.96. The lowest BCUT2D eigenvalue weighted by Crippen LogP contribution is -2.28. The first kappa shape index (κ1) is 40.0. The van der Waals surface area contributed by atoms with E-state index >= 15 is 0 Å². The molecule has 3 heterocycles. The predicted octanol–water partition coefficient (Wildman–Crippen LogP) is 19.0. The quantitative estimate of drug-likeness (QED) is 0.160. The monoisotopic (exact) mass is 923 g/mol. The summed E-state index contributed by atoms with van der Waals surface area (Å²) in [4.78, 5) is 2.40. The summed E-state index contributed by atoms with van der Waals surface area (Å²) < 4.78 is 17.1. The van der Waals surface area contributed by atoms with Gasteiger partial charge in [0.15, 0.2) is 5.58 Å². The molecule has 0 spiro atoms. The number of furan rings is 2. The van der Waals surface area contributed by atoms with Crippen LogP contribution in [0.15, 0.2) is 258 Å². The highest BCUT2D eigenvalue weighted by Crippen LogP contribution is 2.60. The van der Waals surface area contributed by atoms with Gasteiger partial charge in [0.25, 0.3) is 0 Å². The second-order valence-electron chi connectivity index (χ2n) is 18.6. The van der Waals surface area contributed by atoms with E-state index in [9.17, 15) is 0 Å². The first-order valence-electron chi connectivity index (χ1n) is 24.2. The third-order valence-corrected chi connectivity index (χ3v) is 16.2. The summed E-state index contributed by atoms with van der Waals surface area (Å²) in [6.45, 7) is 0. The van der Waals surface area contributed by atoms with Crippen molar-refractivity contribution in [3.63, 3.8) is 0 Å². The maximum absolute atomic E-state index is 7.67. The van der Waals surface area contributed by atoms with Crippen LogP contribution in [0.25, 0.3) is 97.4 Å². The van der Waals surface area contributed by atoms with Crippen molar-refractivity contribution in [1.82, 2.24) is 0 Å². The average molecular weight is 924 g/mol. The minimum Gasteiger partial charge on any atom is -0.456 e. The van der Waals surface area contributed by atoms with Gasteiger partial charge in [-0.3, -0.25) is 0 Å². The molecule has 15 rings (SSSR count). The summed E-state index contributed by atoms with van der Waals surface area (Å²) >= 11 is 1.84. The van der Waals surface area contributed by atoms with Crippen LogP contribution in [0.5, 0.6) is 0 Å². The summed E-state index contributed by atoms with van der Waals surface area (Å²) in [6, 6.07) is 90.2. The van der Waals surface area contributed by atoms with Crippen LogP contribution in [-0.2, 0) is 5.41 Å². The van der Waals surface area contributed by atoms with Gasteiger partial charge in [-0.2, -0.15) is 0 Å². The van der Waals surface area contributed by atoms with E-state index in [1.54, 1.807) is 0 Å². The summed E-state index contributed by atoms with van der Waals surface area (Å²) in [7, 11) is 0. The molecular formula is C67H41NO2S. The number of thiophene rings is 1. The zero-order valence-corrected chi connectivity index (χ0v) is 39.2. The van der Waals surface area contributed by atoms with Crippen molar-refractivity contribution < 1.29 is 8.83 Å². The number of rotatable bonds is 7. The lowest BCUT2D eigenvalue weighted by Gasteiger charge is -2.34. The SMILES string of the molecule is c1ccc(-c2ccc(N(c3cccc4c3oc3c(-c5cccc6c5-c5ccccc5C6(c5ccccc5)c5ccccc5)c5c(cc34)oc3ccccc35)c3cccc4c3sc3ccccc34)cc2)cc1. The Morgan fingerprint density at radius 3 is 1.75 bits per heavy atom. The van der Waals surface area contributed by atoms with Crippen molar-refractivity contribution in [3.05, 3.63) is 271 Å².